The molecular weight excluding hydrogens is 547 g/mol. The van der Waals surface area contributed by atoms with Crippen LogP contribution in [0.15, 0.2) is 72.8 Å². The molecular formula is C35H38ClFN4O. The number of para-hydroxylation sites is 2. The van der Waals surface area contributed by atoms with Crippen LogP contribution in [0, 0.1) is 12.7 Å². The summed E-state index contributed by atoms with van der Waals surface area (Å²) in [5, 5.41) is 0.178. The molecule has 3 atom stereocenters. The van der Waals surface area contributed by atoms with Crippen LogP contribution in [0.3, 0.4) is 0 Å². The van der Waals surface area contributed by atoms with Gasteiger partial charge in [-0.2, -0.15) is 0 Å². The van der Waals surface area contributed by atoms with E-state index >= 15 is 0 Å². The lowest BCUT2D eigenvalue weighted by Gasteiger charge is -2.45. The summed E-state index contributed by atoms with van der Waals surface area (Å²) < 4.78 is 16.1. The molecule has 3 fully saturated rings. The fraction of sp³-hybridized carbons (Fsp3) is 0.429. The molecule has 42 heavy (non-hydrogen) atoms. The van der Waals surface area contributed by atoms with Crippen LogP contribution >= 0.6 is 11.6 Å². The Balaban J connectivity index is 1.06. The normalized spacial score (nSPS) is 23.9. The number of nitrogens with zero attached hydrogens (tertiary/aromatic N) is 4. The van der Waals surface area contributed by atoms with E-state index in [0.29, 0.717) is 36.8 Å². The van der Waals surface area contributed by atoms with Gasteiger partial charge in [0.2, 0.25) is 0 Å². The molecule has 7 heteroatoms. The van der Waals surface area contributed by atoms with Crippen molar-refractivity contribution in [2.24, 2.45) is 0 Å². The molecule has 3 saturated heterocycles. The monoisotopic (exact) mass is 584 g/mol. The number of imidazole rings is 1. The Kier molecular flexibility index (Phi) is 7.31. The summed E-state index contributed by atoms with van der Waals surface area (Å²) in [5.74, 6) is 0.592. The molecule has 1 aromatic heterocycles. The van der Waals surface area contributed by atoms with E-state index in [-0.39, 0.29) is 16.3 Å². The highest BCUT2D eigenvalue weighted by atomic mass is 35.5. The summed E-state index contributed by atoms with van der Waals surface area (Å²) in [6.45, 7) is 4.57. The van der Waals surface area contributed by atoms with Gasteiger partial charge in [0.15, 0.2) is 0 Å². The number of rotatable bonds is 6. The van der Waals surface area contributed by atoms with E-state index in [4.69, 9.17) is 16.6 Å². The van der Waals surface area contributed by atoms with Crippen LogP contribution in [0.25, 0.3) is 11.0 Å². The maximum absolute atomic E-state index is 13.6. The van der Waals surface area contributed by atoms with Gasteiger partial charge in [-0.15, -0.1) is 0 Å². The Morgan fingerprint density at radius 2 is 1.64 bits per heavy atom. The first-order valence-corrected chi connectivity index (χ1v) is 15.8. The zero-order valence-electron chi connectivity index (χ0n) is 24.2. The van der Waals surface area contributed by atoms with Gasteiger partial charge in [-0.25, -0.2) is 9.37 Å². The Morgan fingerprint density at radius 3 is 2.36 bits per heavy atom. The topological polar surface area (TPSA) is 41.4 Å². The van der Waals surface area contributed by atoms with E-state index in [1.54, 1.807) is 0 Å². The molecule has 0 aliphatic carbocycles. The van der Waals surface area contributed by atoms with Gasteiger partial charge < -0.3 is 9.47 Å². The summed E-state index contributed by atoms with van der Waals surface area (Å²) in [5.41, 5.74) is 4.14. The van der Waals surface area contributed by atoms with Gasteiger partial charge in [0.25, 0.3) is 5.91 Å². The number of likely N-dealkylation sites (tertiary alicyclic amines) is 1. The number of piperidine rings is 2. The second-order valence-electron chi connectivity index (χ2n) is 12.6. The second kappa shape index (κ2) is 11.1. The SMILES string of the molecule is Cc1nc2ccccc2n1C1C[C@H]2CC[C@@H](C1)N2CCC1(c2ccccc2)CCN(C(=O)c2ccc(F)cc2Cl)CC1. The molecule has 3 aliphatic rings. The lowest BCUT2D eigenvalue weighted by atomic mass is 9.70. The van der Waals surface area contributed by atoms with Crippen LogP contribution in [0.2, 0.25) is 5.02 Å². The van der Waals surface area contributed by atoms with Crippen molar-refractivity contribution in [3.63, 3.8) is 0 Å². The number of amides is 1. The predicted molar refractivity (Wildman–Crippen MR) is 166 cm³/mol. The van der Waals surface area contributed by atoms with Crippen LogP contribution in [0.1, 0.15) is 72.7 Å². The molecule has 1 amide bonds. The highest BCUT2D eigenvalue weighted by Gasteiger charge is 2.44. The van der Waals surface area contributed by atoms with Crippen LogP contribution in [-0.2, 0) is 5.41 Å². The first-order chi connectivity index (χ1) is 20.4. The van der Waals surface area contributed by atoms with Crippen molar-refractivity contribution in [2.75, 3.05) is 19.6 Å². The number of aryl methyl sites for hydroxylation is 1. The first kappa shape index (κ1) is 27.6. The van der Waals surface area contributed by atoms with Gasteiger partial charge in [0, 0.05) is 31.2 Å². The van der Waals surface area contributed by atoms with Crippen molar-refractivity contribution >= 4 is 28.5 Å². The van der Waals surface area contributed by atoms with Crippen LogP contribution in [0.4, 0.5) is 4.39 Å². The number of hydrogen-bond donors (Lipinski definition) is 0. The fourth-order valence-corrected chi connectivity index (χ4v) is 8.48. The number of benzene rings is 3. The molecule has 0 radical (unpaired) electrons. The lowest BCUT2D eigenvalue weighted by molar-refractivity contribution is 0.0607. The molecule has 0 saturated carbocycles. The number of fused-ring (bicyclic) bond motifs is 3. The maximum atomic E-state index is 13.6. The zero-order chi connectivity index (χ0) is 28.8. The smallest absolute Gasteiger partial charge is 0.255 e. The average molecular weight is 585 g/mol. The maximum Gasteiger partial charge on any atom is 0.255 e. The van der Waals surface area contributed by atoms with Crippen molar-refractivity contribution in [2.45, 2.75) is 75.4 Å². The van der Waals surface area contributed by atoms with Gasteiger partial charge in [0.1, 0.15) is 11.6 Å². The largest absolute Gasteiger partial charge is 0.339 e. The highest BCUT2D eigenvalue weighted by Crippen LogP contribution is 2.45. The van der Waals surface area contributed by atoms with Gasteiger partial charge in [-0.3, -0.25) is 9.69 Å². The first-order valence-electron chi connectivity index (χ1n) is 15.4. The van der Waals surface area contributed by atoms with E-state index < -0.39 is 5.82 Å². The second-order valence-corrected chi connectivity index (χ2v) is 13.0. The standard InChI is InChI=1S/C35H38ClFN4O/c1-24-38-32-9-5-6-10-33(32)41(24)29-22-27-12-13-28(23-29)40(27)20-17-35(25-7-3-2-4-8-25)15-18-39(19-16-35)34(42)30-14-11-26(37)21-31(30)36/h2-11,14,21,27-29H,12-13,15-20,22-23H2,1H3/t27-,28+,29?. The summed E-state index contributed by atoms with van der Waals surface area (Å²) in [6, 6.07) is 25.2. The Labute approximate surface area is 252 Å². The van der Waals surface area contributed by atoms with E-state index in [9.17, 15) is 9.18 Å². The molecule has 3 aliphatic heterocycles. The van der Waals surface area contributed by atoms with Crippen molar-refractivity contribution in [1.82, 2.24) is 19.4 Å². The third-order valence-electron chi connectivity index (χ3n) is 10.4. The minimum atomic E-state index is -0.426. The summed E-state index contributed by atoms with van der Waals surface area (Å²) in [6.07, 6.45) is 7.80. The summed E-state index contributed by atoms with van der Waals surface area (Å²) >= 11 is 6.25. The Morgan fingerprint density at radius 1 is 0.952 bits per heavy atom. The van der Waals surface area contributed by atoms with Crippen LogP contribution in [-0.4, -0.2) is 57.0 Å². The fourth-order valence-electron chi connectivity index (χ4n) is 8.24. The van der Waals surface area contributed by atoms with E-state index in [1.165, 1.54) is 55.0 Å². The molecule has 0 spiro atoms. The highest BCUT2D eigenvalue weighted by molar-refractivity contribution is 6.33. The van der Waals surface area contributed by atoms with Gasteiger partial charge in [-0.05, 0) is 99.7 Å². The summed E-state index contributed by atoms with van der Waals surface area (Å²) in [7, 11) is 0. The zero-order valence-corrected chi connectivity index (χ0v) is 24.9. The van der Waals surface area contributed by atoms with E-state index in [2.05, 4.69) is 71.0 Å². The minimum absolute atomic E-state index is 0.0259. The van der Waals surface area contributed by atoms with Crippen molar-refractivity contribution in [3.8, 4) is 0 Å². The van der Waals surface area contributed by atoms with Crippen LogP contribution < -0.4 is 0 Å². The quantitative estimate of drug-likeness (QED) is 0.235. The number of carbonyl (C=O) groups is 1. The molecule has 5 nitrogen and oxygen atoms in total. The molecule has 4 aromatic rings. The number of carbonyl (C=O) groups excluding carboxylic acids is 1. The Bertz CT molecular complexity index is 1580. The van der Waals surface area contributed by atoms with Crippen molar-refractivity contribution < 1.29 is 9.18 Å². The van der Waals surface area contributed by atoms with Crippen LogP contribution in [0.5, 0.6) is 0 Å². The predicted octanol–water partition coefficient (Wildman–Crippen LogP) is 7.57. The number of aromatic nitrogens is 2. The van der Waals surface area contributed by atoms with Gasteiger partial charge in [0.05, 0.1) is 21.6 Å². The molecule has 2 bridgehead atoms. The summed E-state index contributed by atoms with van der Waals surface area (Å²) in [4.78, 5) is 22.9. The molecule has 3 aromatic carbocycles. The molecule has 218 valence electrons. The Hall–Kier alpha value is -3.22. The molecule has 7 rings (SSSR count). The van der Waals surface area contributed by atoms with E-state index in [0.717, 1.165) is 37.1 Å². The third-order valence-corrected chi connectivity index (χ3v) is 10.7. The van der Waals surface area contributed by atoms with Gasteiger partial charge >= 0.3 is 0 Å². The number of halogens is 2. The number of hydrogen-bond acceptors (Lipinski definition) is 3. The molecule has 0 N–H and O–H groups in total. The van der Waals surface area contributed by atoms with Crippen molar-refractivity contribution in [1.29, 1.82) is 0 Å². The van der Waals surface area contributed by atoms with Gasteiger partial charge in [-0.1, -0.05) is 54.1 Å². The molecule has 4 heterocycles. The third kappa shape index (κ3) is 4.92. The van der Waals surface area contributed by atoms with Crippen molar-refractivity contribution in [3.05, 3.63) is 101 Å². The lowest BCUT2D eigenvalue weighted by Crippen LogP contribution is -2.49. The minimum Gasteiger partial charge on any atom is -0.339 e. The molecule has 1 unspecified atom stereocenters. The van der Waals surface area contributed by atoms with E-state index in [1.807, 2.05) is 4.90 Å². The average Bonchev–Trinajstić information content (AvgIpc) is 3.46.